The van der Waals surface area contributed by atoms with Gasteiger partial charge in [0.2, 0.25) is 0 Å². The number of rotatable bonds is 8. The number of likely N-dealkylation sites (tertiary alicyclic amines) is 1. The Morgan fingerprint density at radius 1 is 1.14 bits per heavy atom. The van der Waals surface area contributed by atoms with Gasteiger partial charge in [-0.05, 0) is 66.4 Å². The number of amides is 1. The molecule has 3 aromatic rings. The number of carbonyl (C=O) groups excluding carboxylic acids is 2. The first-order valence-corrected chi connectivity index (χ1v) is 11.6. The normalized spacial score (nSPS) is 17.1. The number of aromatic nitrogens is 1. The highest BCUT2D eigenvalue weighted by Crippen LogP contribution is 2.41. The molecule has 1 atom stereocenters. The summed E-state index contributed by atoms with van der Waals surface area (Å²) in [7, 11) is 0. The number of benzene rings is 2. The van der Waals surface area contributed by atoms with Crippen molar-refractivity contribution in [2.45, 2.75) is 39.3 Å². The molecule has 1 saturated heterocycles. The van der Waals surface area contributed by atoms with Gasteiger partial charge in [0.15, 0.2) is 0 Å². The van der Waals surface area contributed by atoms with Crippen molar-refractivity contribution in [3.63, 3.8) is 0 Å². The summed E-state index contributed by atoms with van der Waals surface area (Å²) in [5.41, 5.74) is 2.35. The fourth-order valence-electron chi connectivity index (χ4n) is 4.19. The lowest BCUT2D eigenvalue weighted by Gasteiger charge is -2.25. The number of unbranched alkanes of at least 4 members (excludes halogenated alkanes) is 1. The molecule has 7 heteroatoms. The van der Waals surface area contributed by atoms with E-state index in [1.54, 1.807) is 49.6 Å². The number of hydrogen-bond acceptors (Lipinski definition) is 5. The molecule has 1 aromatic heterocycles. The van der Waals surface area contributed by atoms with Crippen LogP contribution in [0, 0.1) is 12.7 Å². The molecule has 180 valence electrons. The average molecular weight is 475 g/mol. The summed E-state index contributed by atoms with van der Waals surface area (Å²) in [5, 5.41) is 11.3. The Morgan fingerprint density at radius 3 is 2.57 bits per heavy atom. The molecular formula is C28H27FN2O4. The Bertz CT molecular complexity index is 1260. The summed E-state index contributed by atoms with van der Waals surface area (Å²) in [6.45, 7) is 4.59. The molecule has 1 aliphatic heterocycles. The van der Waals surface area contributed by atoms with Crippen molar-refractivity contribution in [1.82, 2.24) is 9.88 Å². The van der Waals surface area contributed by atoms with Crippen LogP contribution in [0.5, 0.6) is 5.75 Å². The number of Topliss-reactive ketones (excluding diaryl/α,β-unsaturated/α-hetero) is 1. The van der Waals surface area contributed by atoms with Crippen LogP contribution in [0.1, 0.15) is 48.1 Å². The van der Waals surface area contributed by atoms with Crippen LogP contribution in [0.15, 0.2) is 72.6 Å². The van der Waals surface area contributed by atoms with Crippen molar-refractivity contribution in [2.24, 2.45) is 0 Å². The van der Waals surface area contributed by atoms with Crippen molar-refractivity contribution in [1.29, 1.82) is 0 Å². The van der Waals surface area contributed by atoms with Gasteiger partial charge >= 0.3 is 0 Å². The lowest BCUT2D eigenvalue weighted by molar-refractivity contribution is -0.140. The van der Waals surface area contributed by atoms with Gasteiger partial charge in [-0.2, -0.15) is 0 Å². The molecule has 6 nitrogen and oxygen atoms in total. The SMILES string of the molecule is CCCCOc1ccc(/C(O)=C2\C(=O)C(=O)N(Cc3cccnc3)[C@H]2c2ccc(F)cc2)c(C)c1. The first-order valence-electron chi connectivity index (χ1n) is 11.6. The maximum atomic E-state index is 13.7. The Hall–Kier alpha value is -4.00. The van der Waals surface area contributed by atoms with E-state index < -0.39 is 23.5 Å². The number of hydrogen-bond donors (Lipinski definition) is 1. The van der Waals surface area contributed by atoms with Gasteiger partial charge in [-0.1, -0.05) is 31.5 Å². The van der Waals surface area contributed by atoms with Crippen molar-refractivity contribution in [3.05, 3.63) is 101 Å². The van der Waals surface area contributed by atoms with E-state index in [4.69, 9.17) is 4.74 Å². The molecule has 0 radical (unpaired) electrons. The number of pyridine rings is 1. The van der Waals surface area contributed by atoms with Crippen LogP contribution < -0.4 is 4.74 Å². The Morgan fingerprint density at radius 2 is 1.91 bits per heavy atom. The van der Waals surface area contributed by atoms with Crippen molar-refractivity contribution < 1.29 is 23.8 Å². The van der Waals surface area contributed by atoms with Gasteiger partial charge in [-0.25, -0.2) is 4.39 Å². The van der Waals surface area contributed by atoms with Gasteiger partial charge in [-0.15, -0.1) is 0 Å². The summed E-state index contributed by atoms with van der Waals surface area (Å²) in [6, 6.07) is 13.5. The van der Waals surface area contributed by atoms with Gasteiger partial charge in [0.25, 0.3) is 11.7 Å². The summed E-state index contributed by atoms with van der Waals surface area (Å²) < 4.78 is 19.4. The Kier molecular flexibility index (Phi) is 7.25. The van der Waals surface area contributed by atoms with Crippen molar-refractivity contribution in [3.8, 4) is 5.75 Å². The predicted molar refractivity (Wildman–Crippen MR) is 130 cm³/mol. The van der Waals surface area contributed by atoms with E-state index >= 15 is 0 Å². The van der Waals surface area contributed by atoms with Crippen LogP contribution in [-0.2, 0) is 16.1 Å². The molecule has 1 amide bonds. The molecule has 1 fully saturated rings. The second-order valence-electron chi connectivity index (χ2n) is 8.52. The Balaban J connectivity index is 1.78. The van der Waals surface area contributed by atoms with Crippen LogP contribution in [0.2, 0.25) is 0 Å². The van der Waals surface area contributed by atoms with E-state index in [9.17, 15) is 19.1 Å². The number of halogens is 1. The first-order chi connectivity index (χ1) is 16.9. The van der Waals surface area contributed by atoms with E-state index in [1.165, 1.54) is 29.2 Å². The van der Waals surface area contributed by atoms with Gasteiger partial charge in [-0.3, -0.25) is 14.6 Å². The summed E-state index contributed by atoms with van der Waals surface area (Å²) in [4.78, 5) is 31.8. The summed E-state index contributed by atoms with van der Waals surface area (Å²) in [6.07, 6.45) is 5.18. The minimum Gasteiger partial charge on any atom is -0.507 e. The lowest BCUT2D eigenvalue weighted by atomic mass is 9.93. The highest BCUT2D eigenvalue weighted by atomic mass is 19.1. The van der Waals surface area contributed by atoms with Gasteiger partial charge in [0.05, 0.1) is 18.2 Å². The van der Waals surface area contributed by atoms with E-state index in [-0.39, 0.29) is 17.9 Å². The van der Waals surface area contributed by atoms with E-state index in [2.05, 4.69) is 11.9 Å². The standard InChI is InChI=1S/C28H27FN2O4/c1-3-4-14-35-22-11-12-23(18(2)15-22)26(32)24-25(20-7-9-21(29)10-8-20)31(28(34)27(24)33)17-19-6-5-13-30-16-19/h5-13,15-16,25,32H,3-4,14,17H2,1-2H3/b26-24+/t25-/m0/s1. The molecular weight excluding hydrogens is 447 g/mol. The molecule has 4 rings (SSSR count). The molecule has 2 aromatic carbocycles. The zero-order valence-electron chi connectivity index (χ0n) is 19.7. The van der Waals surface area contributed by atoms with Gasteiger partial charge < -0.3 is 14.7 Å². The largest absolute Gasteiger partial charge is 0.507 e. The fraction of sp³-hybridized carbons (Fsp3) is 0.250. The highest BCUT2D eigenvalue weighted by molar-refractivity contribution is 6.46. The van der Waals surface area contributed by atoms with Crippen LogP contribution in [0.3, 0.4) is 0 Å². The average Bonchev–Trinajstić information content (AvgIpc) is 3.10. The number of ether oxygens (including phenoxy) is 1. The fourth-order valence-corrected chi connectivity index (χ4v) is 4.19. The van der Waals surface area contributed by atoms with Crippen LogP contribution in [-0.4, -0.2) is 33.3 Å². The summed E-state index contributed by atoms with van der Waals surface area (Å²) >= 11 is 0. The zero-order valence-corrected chi connectivity index (χ0v) is 19.7. The molecule has 1 aliphatic rings. The molecule has 0 saturated carbocycles. The van der Waals surface area contributed by atoms with Gasteiger partial charge in [0.1, 0.15) is 17.3 Å². The third kappa shape index (κ3) is 5.09. The van der Waals surface area contributed by atoms with Crippen molar-refractivity contribution >= 4 is 17.4 Å². The Labute approximate surface area is 203 Å². The molecule has 0 bridgehead atoms. The monoisotopic (exact) mass is 474 g/mol. The van der Waals surface area contributed by atoms with Crippen LogP contribution in [0.4, 0.5) is 4.39 Å². The topological polar surface area (TPSA) is 79.7 Å². The zero-order chi connectivity index (χ0) is 24.9. The third-order valence-electron chi connectivity index (χ3n) is 6.02. The lowest BCUT2D eigenvalue weighted by Crippen LogP contribution is -2.29. The number of ketones is 1. The maximum Gasteiger partial charge on any atom is 0.295 e. The number of aryl methyl sites for hydroxylation is 1. The number of aliphatic hydroxyl groups excluding tert-OH is 1. The highest BCUT2D eigenvalue weighted by Gasteiger charge is 2.46. The van der Waals surface area contributed by atoms with Crippen LogP contribution in [0.25, 0.3) is 5.76 Å². The van der Waals surface area contributed by atoms with E-state index in [0.717, 1.165) is 18.4 Å². The van der Waals surface area contributed by atoms with E-state index in [0.29, 0.717) is 29.0 Å². The first kappa shape index (κ1) is 24.1. The number of carbonyl (C=O) groups is 2. The molecule has 2 heterocycles. The minimum atomic E-state index is -0.879. The van der Waals surface area contributed by atoms with Gasteiger partial charge in [0, 0.05) is 24.5 Å². The summed E-state index contributed by atoms with van der Waals surface area (Å²) in [5.74, 6) is -1.57. The quantitative estimate of drug-likeness (QED) is 0.207. The van der Waals surface area contributed by atoms with Crippen LogP contribution >= 0.6 is 0 Å². The third-order valence-corrected chi connectivity index (χ3v) is 6.02. The minimum absolute atomic E-state index is 0.0340. The molecule has 0 aliphatic carbocycles. The molecule has 0 unspecified atom stereocenters. The molecule has 1 N–H and O–H groups in total. The second-order valence-corrected chi connectivity index (χ2v) is 8.52. The predicted octanol–water partition coefficient (Wildman–Crippen LogP) is 5.33. The number of nitrogens with zero attached hydrogens (tertiary/aromatic N) is 2. The van der Waals surface area contributed by atoms with Crippen molar-refractivity contribution in [2.75, 3.05) is 6.61 Å². The molecule has 0 spiro atoms. The molecule has 35 heavy (non-hydrogen) atoms. The number of aliphatic hydroxyl groups is 1. The smallest absolute Gasteiger partial charge is 0.295 e. The van der Waals surface area contributed by atoms with E-state index in [1.807, 2.05) is 0 Å². The second kappa shape index (κ2) is 10.5. The maximum absolute atomic E-state index is 13.7.